The van der Waals surface area contributed by atoms with Crippen LogP contribution in [0.5, 0.6) is 0 Å². The van der Waals surface area contributed by atoms with Crippen molar-refractivity contribution >= 4 is 33.2 Å². The Balaban J connectivity index is 1.62. The van der Waals surface area contributed by atoms with Crippen LogP contribution in [0.15, 0.2) is 41.3 Å². The third-order valence-electron chi connectivity index (χ3n) is 6.28. The number of aryl methyl sites for hydroxylation is 2. The van der Waals surface area contributed by atoms with Gasteiger partial charge < -0.3 is 5.32 Å². The lowest BCUT2D eigenvalue weighted by molar-refractivity contribution is -0.122. The van der Waals surface area contributed by atoms with E-state index in [1.165, 1.54) is 16.1 Å². The molecule has 2 aliphatic heterocycles. The van der Waals surface area contributed by atoms with Gasteiger partial charge in [0, 0.05) is 37.8 Å². The SMILES string of the molecule is CC(=O)N1c2ccc(S(=O)(=O)N3CCCCC3)cc2C[C@H]1C(=O)Nc1cc(C)ccc1C. The number of fused-ring (bicyclic) bond motifs is 1. The fraction of sp³-hybridized carbons (Fsp3) is 0.417. The molecular weight excluding hydrogens is 426 g/mol. The Morgan fingerprint density at radius 2 is 1.72 bits per heavy atom. The van der Waals surface area contributed by atoms with Gasteiger partial charge in [-0.25, -0.2) is 8.42 Å². The quantitative estimate of drug-likeness (QED) is 0.766. The molecule has 1 N–H and O–H groups in total. The molecule has 32 heavy (non-hydrogen) atoms. The summed E-state index contributed by atoms with van der Waals surface area (Å²) in [5.41, 5.74) is 3.96. The number of nitrogens with one attached hydrogen (secondary N) is 1. The first-order valence-electron chi connectivity index (χ1n) is 11.0. The first-order valence-corrected chi connectivity index (χ1v) is 12.4. The van der Waals surface area contributed by atoms with Gasteiger partial charge in [0.15, 0.2) is 0 Å². The summed E-state index contributed by atoms with van der Waals surface area (Å²) in [6, 6.07) is 9.91. The van der Waals surface area contributed by atoms with Gasteiger partial charge in [0.2, 0.25) is 21.8 Å². The number of piperidine rings is 1. The van der Waals surface area contributed by atoms with E-state index in [9.17, 15) is 18.0 Å². The smallest absolute Gasteiger partial charge is 0.247 e. The van der Waals surface area contributed by atoms with Gasteiger partial charge in [0.25, 0.3) is 0 Å². The maximum Gasteiger partial charge on any atom is 0.247 e. The molecule has 2 aromatic rings. The molecule has 0 saturated carbocycles. The van der Waals surface area contributed by atoms with Crippen molar-refractivity contribution in [3.63, 3.8) is 0 Å². The second-order valence-corrected chi connectivity index (χ2v) is 10.6. The number of hydrogen-bond acceptors (Lipinski definition) is 4. The van der Waals surface area contributed by atoms with Gasteiger partial charge in [-0.3, -0.25) is 14.5 Å². The van der Waals surface area contributed by atoms with Crippen LogP contribution in [-0.2, 0) is 26.0 Å². The molecule has 2 amide bonds. The highest BCUT2D eigenvalue weighted by Crippen LogP contribution is 2.35. The standard InChI is InChI=1S/C24H29N3O4S/c1-16-7-8-17(2)21(13-16)25-24(29)23-15-19-14-20(9-10-22(19)27(23)18(3)28)32(30,31)26-11-5-4-6-12-26/h7-10,13-14,23H,4-6,11-12,15H2,1-3H3,(H,25,29)/t23-/m0/s1. The van der Waals surface area contributed by atoms with E-state index in [1.54, 1.807) is 18.2 Å². The van der Waals surface area contributed by atoms with Crippen LogP contribution >= 0.6 is 0 Å². The molecule has 2 heterocycles. The van der Waals surface area contributed by atoms with Gasteiger partial charge in [-0.05, 0) is 67.6 Å². The van der Waals surface area contributed by atoms with Crippen LogP contribution in [0.3, 0.4) is 0 Å². The summed E-state index contributed by atoms with van der Waals surface area (Å²) < 4.78 is 27.7. The first-order chi connectivity index (χ1) is 15.2. The van der Waals surface area contributed by atoms with E-state index < -0.39 is 16.1 Å². The van der Waals surface area contributed by atoms with Gasteiger partial charge in [-0.2, -0.15) is 4.31 Å². The van der Waals surface area contributed by atoms with E-state index >= 15 is 0 Å². The largest absolute Gasteiger partial charge is 0.324 e. The summed E-state index contributed by atoms with van der Waals surface area (Å²) in [5, 5.41) is 2.95. The minimum absolute atomic E-state index is 0.220. The normalized spacial score (nSPS) is 19.0. The van der Waals surface area contributed by atoms with Crippen LogP contribution in [0, 0.1) is 13.8 Å². The Hall–Kier alpha value is -2.71. The second-order valence-electron chi connectivity index (χ2n) is 8.67. The Kier molecular flexibility index (Phi) is 6.09. The van der Waals surface area contributed by atoms with Gasteiger partial charge in [-0.15, -0.1) is 0 Å². The van der Waals surface area contributed by atoms with E-state index in [0.717, 1.165) is 30.4 Å². The number of rotatable bonds is 4. The number of benzene rings is 2. The fourth-order valence-electron chi connectivity index (χ4n) is 4.53. The molecular formula is C24H29N3O4S. The minimum Gasteiger partial charge on any atom is -0.324 e. The summed E-state index contributed by atoms with van der Waals surface area (Å²) in [6.07, 6.45) is 3.04. The summed E-state index contributed by atoms with van der Waals surface area (Å²) >= 11 is 0. The van der Waals surface area contributed by atoms with Crippen molar-refractivity contribution in [2.45, 2.75) is 57.4 Å². The highest BCUT2D eigenvalue weighted by molar-refractivity contribution is 7.89. The molecule has 0 radical (unpaired) electrons. The van der Waals surface area contributed by atoms with Crippen molar-refractivity contribution in [2.24, 2.45) is 0 Å². The number of hydrogen-bond donors (Lipinski definition) is 1. The zero-order chi connectivity index (χ0) is 23.0. The van der Waals surface area contributed by atoms with Crippen molar-refractivity contribution in [3.05, 3.63) is 53.1 Å². The second kappa shape index (κ2) is 8.67. The van der Waals surface area contributed by atoms with Gasteiger partial charge in [-0.1, -0.05) is 18.6 Å². The Morgan fingerprint density at radius 1 is 1.00 bits per heavy atom. The number of carbonyl (C=O) groups excluding carboxylic acids is 2. The molecule has 0 unspecified atom stereocenters. The molecule has 170 valence electrons. The number of nitrogens with zero attached hydrogens (tertiary/aromatic N) is 2. The number of anilines is 2. The average Bonchev–Trinajstić information content (AvgIpc) is 3.16. The van der Waals surface area contributed by atoms with Crippen LogP contribution in [0.25, 0.3) is 0 Å². The van der Waals surface area contributed by atoms with Crippen molar-refractivity contribution < 1.29 is 18.0 Å². The zero-order valence-corrected chi connectivity index (χ0v) is 19.5. The number of amides is 2. The van der Waals surface area contributed by atoms with Crippen molar-refractivity contribution in [1.82, 2.24) is 4.31 Å². The summed E-state index contributed by atoms with van der Waals surface area (Å²) in [6.45, 7) is 6.34. The highest BCUT2D eigenvalue weighted by atomic mass is 32.2. The summed E-state index contributed by atoms with van der Waals surface area (Å²) in [5.74, 6) is -0.540. The predicted octanol–water partition coefficient (Wildman–Crippen LogP) is 3.39. The third kappa shape index (κ3) is 4.17. The lowest BCUT2D eigenvalue weighted by Gasteiger charge is -2.26. The molecule has 0 spiro atoms. The fourth-order valence-corrected chi connectivity index (χ4v) is 6.10. The van der Waals surface area contributed by atoms with E-state index in [-0.39, 0.29) is 23.1 Å². The molecule has 7 nitrogen and oxygen atoms in total. The number of carbonyl (C=O) groups is 2. The van der Waals surface area contributed by atoms with Gasteiger partial charge in [0.05, 0.1) is 4.90 Å². The minimum atomic E-state index is -3.59. The van der Waals surface area contributed by atoms with E-state index in [4.69, 9.17) is 0 Å². The lowest BCUT2D eigenvalue weighted by Crippen LogP contribution is -2.44. The molecule has 2 aromatic carbocycles. The van der Waals surface area contributed by atoms with Crippen LogP contribution in [0.1, 0.15) is 42.9 Å². The molecule has 2 aliphatic rings. The highest BCUT2D eigenvalue weighted by Gasteiger charge is 2.38. The van der Waals surface area contributed by atoms with Crippen LogP contribution in [0.4, 0.5) is 11.4 Å². The Labute approximate surface area is 189 Å². The zero-order valence-electron chi connectivity index (χ0n) is 18.7. The molecule has 1 saturated heterocycles. The van der Waals surface area contributed by atoms with Crippen molar-refractivity contribution in [1.29, 1.82) is 0 Å². The molecule has 1 fully saturated rings. The van der Waals surface area contributed by atoms with Crippen LogP contribution < -0.4 is 10.2 Å². The van der Waals surface area contributed by atoms with Gasteiger partial charge in [0.1, 0.15) is 6.04 Å². The van der Waals surface area contributed by atoms with Crippen LogP contribution in [-0.4, -0.2) is 43.7 Å². The average molecular weight is 456 g/mol. The molecule has 0 aliphatic carbocycles. The molecule has 8 heteroatoms. The van der Waals surface area contributed by atoms with E-state index in [2.05, 4.69) is 5.32 Å². The molecule has 0 aromatic heterocycles. The molecule has 4 rings (SSSR count). The number of sulfonamides is 1. The monoisotopic (exact) mass is 455 g/mol. The lowest BCUT2D eigenvalue weighted by atomic mass is 10.1. The predicted molar refractivity (Wildman–Crippen MR) is 124 cm³/mol. The molecule has 1 atom stereocenters. The van der Waals surface area contributed by atoms with E-state index in [0.29, 0.717) is 30.0 Å². The van der Waals surface area contributed by atoms with Crippen molar-refractivity contribution in [2.75, 3.05) is 23.3 Å². The van der Waals surface area contributed by atoms with E-state index in [1.807, 2.05) is 32.0 Å². The van der Waals surface area contributed by atoms with Crippen LogP contribution in [0.2, 0.25) is 0 Å². The first kappa shape index (κ1) is 22.5. The van der Waals surface area contributed by atoms with Gasteiger partial charge >= 0.3 is 0 Å². The maximum absolute atomic E-state index is 13.2. The molecule has 0 bridgehead atoms. The van der Waals surface area contributed by atoms with Crippen molar-refractivity contribution in [3.8, 4) is 0 Å². The summed E-state index contributed by atoms with van der Waals surface area (Å²) in [7, 11) is -3.59. The Morgan fingerprint density at radius 3 is 2.41 bits per heavy atom. The summed E-state index contributed by atoms with van der Waals surface area (Å²) in [4.78, 5) is 27.3. The Bertz CT molecular complexity index is 1170. The third-order valence-corrected chi connectivity index (χ3v) is 8.18. The maximum atomic E-state index is 13.2. The topological polar surface area (TPSA) is 86.8 Å².